The third-order valence-electron chi connectivity index (χ3n) is 5.35. The first-order valence-electron chi connectivity index (χ1n) is 9.53. The highest BCUT2D eigenvalue weighted by molar-refractivity contribution is 7.91. The number of sulfonamides is 1. The normalized spacial score (nSPS) is 23.8. The fourth-order valence-corrected chi connectivity index (χ4v) is 6.91. The van der Waals surface area contributed by atoms with Crippen LogP contribution in [0.2, 0.25) is 0 Å². The summed E-state index contributed by atoms with van der Waals surface area (Å²) in [5.74, 6) is 0.0516. The Labute approximate surface area is 160 Å². The molecule has 8 heteroatoms. The molecular weight excluding hydrogens is 370 g/mol. The topological polar surface area (TPSA) is 83.7 Å². The van der Waals surface area contributed by atoms with Crippen molar-refractivity contribution < 1.29 is 13.2 Å². The minimum Gasteiger partial charge on any atom is -0.338 e. The average molecular weight is 400 g/mol. The second-order valence-electron chi connectivity index (χ2n) is 7.37. The van der Waals surface area contributed by atoms with Crippen LogP contribution >= 0.6 is 11.3 Å². The van der Waals surface area contributed by atoms with E-state index in [1.165, 1.54) is 11.3 Å². The van der Waals surface area contributed by atoms with Crippen molar-refractivity contribution in [3.05, 3.63) is 17.0 Å². The van der Waals surface area contributed by atoms with Crippen molar-refractivity contribution in [3.8, 4) is 0 Å². The Morgan fingerprint density at radius 1 is 1.19 bits per heavy atom. The van der Waals surface area contributed by atoms with Crippen LogP contribution in [-0.4, -0.2) is 55.2 Å². The number of likely N-dealkylation sites (tertiary alicyclic amines) is 1. The van der Waals surface area contributed by atoms with Crippen LogP contribution in [0.3, 0.4) is 0 Å². The van der Waals surface area contributed by atoms with Gasteiger partial charge in [-0.25, -0.2) is 8.42 Å². The van der Waals surface area contributed by atoms with E-state index in [0.717, 1.165) is 49.9 Å². The number of amides is 1. The molecule has 0 bridgehead atoms. The Balaban J connectivity index is 1.68. The number of thiophene rings is 1. The van der Waals surface area contributed by atoms with Crippen LogP contribution in [0.1, 0.15) is 50.3 Å². The second kappa shape index (κ2) is 8.37. The van der Waals surface area contributed by atoms with Crippen molar-refractivity contribution >= 4 is 27.3 Å². The van der Waals surface area contributed by atoms with Crippen molar-refractivity contribution in [1.29, 1.82) is 0 Å². The molecule has 1 aromatic heterocycles. The van der Waals surface area contributed by atoms with Crippen molar-refractivity contribution in [2.75, 3.05) is 19.6 Å². The molecule has 1 aromatic rings. The van der Waals surface area contributed by atoms with Gasteiger partial charge in [0.25, 0.3) is 10.0 Å². The molecule has 0 spiro atoms. The molecule has 3 heterocycles. The van der Waals surface area contributed by atoms with E-state index in [0.29, 0.717) is 17.3 Å². The first-order chi connectivity index (χ1) is 12.4. The van der Waals surface area contributed by atoms with Crippen LogP contribution in [0.4, 0.5) is 0 Å². The number of hydrogen-bond acceptors (Lipinski definition) is 5. The van der Waals surface area contributed by atoms with E-state index in [9.17, 15) is 13.2 Å². The molecule has 0 aromatic carbocycles. The van der Waals surface area contributed by atoms with E-state index in [1.807, 2.05) is 11.8 Å². The summed E-state index contributed by atoms with van der Waals surface area (Å²) < 4.78 is 27.4. The van der Waals surface area contributed by atoms with Gasteiger partial charge in [-0.1, -0.05) is 6.42 Å². The first-order valence-corrected chi connectivity index (χ1v) is 11.8. The largest absolute Gasteiger partial charge is 0.338 e. The van der Waals surface area contributed by atoms with E-state index in [2.05, 4.69) is 0 Å². The maximum Gasteiger partial charge on any atom is 0.252 e. The number of rotatable bonds is 5. The quantitative estimate of drug-likeness (QED) is 0.823. The molecule has 3 rings (SSSR count). The number of hydrogen-bond donors (Lipinski definition) is 1. The number of nitrogens with zero attached hydrogens (tertiary/aromatic N) is 2. The van der Waals surface area contributed by atoms with Crippen molar-refractivity contribution in [1.82, 2.24) is 9.21 Å². The second-order valence-corrected chi connectivity index (χ2v) is 10.7. The van der Waals surface area contributed by atoms with Gasteiger partial charge >= 0.3 is 0 Å². The summed E-state index contributed by atoms with van der Waals surface area (Å²) in [5.41, 5.74) is 6.06. The van der Waals surface area contributed by atoms with E-state index < -0.39 is 10.0 Å². The zero-order chi connectivity index (χ0) is 18.7. The van der Waals surface area contributed by atoms with Crippen LogP contribution < -0.4 is 5.73 Å². The fourth-order valence-electron chi connectivity index (χ4n) is 3.89. The van der Waals surface area contributed by atoms with E-state index in [4.69, 9.17) is 5.73 Å². The number of carbonyl (C=O) groups excluding carboxylic acids is 1. The van der Waals surface area contributed by atoms with Gasteiger partial charge in [0.05, 0.1) is 6.42 Å². The molecule has 0 saturated carbocycles. The van der Waals surface area contributed by atoms with E-state index in [1.54, 1.807) is 16.4 Å². The van der Waals surface area contributed by atoms with Crippen molar-refractivity contribution in [2.24, 2.45) is 5.73 Å². The highest BCUT2D eigenvalue weighted by atomic mass is 32.2. The van der Waals surface area contributed by atoms with Gasteiger partial charge in [-0.3, -0.25) is 4.79 Å². The Morgan fingerprint density at radius 2 is 1.88 bits per heavy atom. The molecule has 2 N–H and O–H groups in total. The summed E-state index contributed by atoms with van der Waals surface area (Å²) in [4.78, 5) is 15.5. The summed E-state index contributed by atoms with van der Waals surface area (Å²) in [6.07, 6.45) is 6.24. The lowest BCUT2D eigenvalue weighted by Crippen LogP contribution is -2.52. The fraction of sp³-hybridized carbons (Fsp3) is 0.722. The van der Waals surface area contributed by atoms with Gasteiger partial charge in [0, 0.05) is 36.6 Å². The smallest absolute Gasteiger partial charge is 0.252 e. The zero-order valence-electron chi connectivity index (χ0n) is 15.4. The van der Waals surface area contributed by atoms with Gasteiger partial charge in [0.15, 0.2) is 0 Å². The summed E-state index contributed by atoms with van der Waals surface area (Å²) in [6.45, 7) is 3.89. The van der Waals surface area contributed by atoms with Crippen LogP contribution in [0.15, 0.2) is 16.3 Å². The van der Waals surface area contributed by atoms with Gasteiger partial charge in [-0.15, -0.1) is 11.3 Å². The van der Waals surface area contributed by atoms with Gasteiger partial charge < -0.3 is 10.6 Å². The number of carbonyl (C=O) groups is 1. The van der Waals surface area contributed by atoms with Gasteiger partial charge in [-0.05, 0) is 51.2 Å². The molecule has 2 saturated heterocycles. The molecule has 2 unspecified atom stereocenters. The Hall–Kier alpha value is -0.960. The number of nitrogens with two attached hydrogens (primary N) is 1. The third kappa shape index (κ3) is 4.30. The first kappa shape index (κ1) is 19.8. The van der Waals surface area contributed by atoms with Gasteiger partial charge in [-0.2, -0.15) is 4.31 Å². The summed E-state index contributed by atoms with van der Waals surface area (Å²) in [6, 6.07) is 3.48. The molecule has 2 atom stereocenters. The van der Waals surface area contributed by atoms with Crippen LogP contribution in [0, 0.1) is 0 Å². The molecular formula is C18H29N3O3S2. The zero-order valence-corrected chi connectivity index (χ0v) is 17.0. The predicted octanol–water partition coefficient (Wildman–Crippen LogP) is 2.19. The lowest BCUT2D eigenvalue weighted by atomic mass is 9.96. The maximum absolute atomic E-state index is 12.8. The molecule has 6 nitrogen and oxygen atoms in total. The Kier molecular flexibility index (Phi) is 6.37. The molecule has 0 aliphatic carbocycles. The van der Waals surface area contributed by atoms with Crippen LogP contribution in [0.5, 0.6) is 0 Å². The average Bonchev–Trinajstić information content (AvgIpc) is 3.11. The monoisotopic (exact) mass is 399 g/mol. The highest BCUT2D eigenvalue weighted by Crippen LogP contribution is 2.28. The van der Waals surface area contributed by atoms with Gasteiger partial charge in [0.1, 0.15) is 4.21 Å². The molecule has 2 aliphatic heterocycles. The maximum atomic E-state index is 12.8. The van der Waals surface area contributed by atoms with E-state index >= 15 is 0 Å². The molecule has 0 radical (unpaired) electrons. The summed E-state index contributed by atoms with van der Waals surface area (Å²) in [7, 11) is -3.42. The Morgan fingerprint density at radius 3 is 2.58 bits per heavy atom. The van der Waals surface area contributed by atoms with Crippen molar-refractivity contribution in [2.45, 2.75) is 68.2 Å². The van der Waals surface area contributed by atoms with Crippen LogP contribution in [-0.2, 0) is 21.2 Å². The minimum atomic E-state index is -3.42. The standard InChI is InChI=1S/C18H29N3O3S2/c1-14(19)16-7-3-6-12-21(16)17(22)13-15-8-9-18(25-15)26(23,24)20-10-4-2-5-11-20/h8-9,14,16H,2-7,10-13,19H2,1H3. The Bertz CT molecular complexity index is 724. The predicted molar refractivity (Wildman–Crippen MR) is 104 cm³/mol. The highest BCUT2D eigenvalue weighted by Gasteiger charge is 2.31. The lowest BCUT2D eigenvalue weighted by molar-refractivity contribution is -0.134. The lowest BCUT2D eigenvalue weighted by Gasteiger charge is -2.38. The molecule has 2 aliphatic rings. The minimum absolute atomic E-state index is 0.0439. The summed E-state index contributed by atoms with van der Waals surface area (Å²) in [5, 5.41) is 0. The molecule has 1 amide bonds. The van der Waals surface area contributed by atoms with Crippen LogP contribution in [0.25, 0.3) is 0 Å². The molecule has 26 heavy (non-hydrogen) atoms. The molecule has 146 valence electrons. The van der Waals surface area contributed by atoms with Gasteiger partial charge in [0.2, 0.25) is 5.91 Å². The van der Waals surface area contributed by atoms with Crippen molar-refractivity contribution in [3.63, 3.8) is 0 Å². The SMILES string of the molecule is CC(N)C1CCCCN1C(=O)Cc1ccc(S(=O)(=O)N2CCCCC2)s1. The molecule has 2 fully saturated rings. The summed E-state index contributed by atoms with van der Waals surface area (Å²) >= 11 is 1.23. The third-order valence-corrected chi connectivity index (χ3v) is 8.80. The van der Waals surface area contributed by atoms with E-state index in [-0.39, 0.29) is 24.4 Å². The number of piperidine rings is 2.